The minimum atomic E-state index is -0.360. The summed E-state index contributed by atoms with van der Waals surface area (Å²) in [7, 11) is 1.82. The zero-order chi connectivity index (χ0) is 14.8. The van der Waals surface area contributed by atoms with E-state index in [1.165, 1.54) is 6.33 Å². The normalized spacial score (nSPS) is 17.0. The Morgan fingerprint density at radius 1 is 1.38 bits per heavy atom. The molecule has 8 heteroatoms. The molecule has 3 heterocycles. The lowest BCUT2D eigenvalue weighted by molar-refractivity contribution is -0.135. The molecule has 1 fully saturated rings. The van der Waals surface area contributed by atoms with Crippen LogP contribution < -0.4 is 5.32 Å². The number of aryl methyl sites for hydroxylation is 1. The van der Waals surface area contributed by atoms with E-state index >= 15 is 0 Å². The molecular weight excluding hydrogens is 272 g/mol. The molecule has 0 unspecified atom stereocenters. The lowest BCUT2D eigenvalue weighted by atomic mass is 10.2. The van der Waals surface area contributed by atoms with Gasteiger partial charge in [-0.1, -0.05) is 0 Å². The lowest BCUT2D eigenvalue weighted by Crippen LogP contribution is -2.47. The van der Waals surface area contributed by atoms with E-state index in [1.807, 2.05) is 18.9 Å². The van der Waals surface area contributed by atoms with Gasteiger partial charge in [-0.05, 0) is 6.92 Å². The van der Waals surface area contributed by atoms with Crippen molar-refractivity contribution < 1.29 is 9.53 Å². The average molecular weight is 290 g/mol. The minimum absolute atomic E-state index is 0.0500. The molecule has 112 valence electrons. The molecule has 1 N–H and O–H groups in total. The van der Waals surface area contributed by atoms with Gasteiger partial charge in [-0.25, -0.2) is 9.97 Å². The number of carbonyl (C=O) groups is 1. The number of carbonyl (C=O) groups excluding carboxylic acids is 1. The van der Waals surface area contributed by atoms with E-state index < -0.39 is 0 Å². The highest BCUT2D eigenvalue weighted by Gasteiger charge is 2.23. The predicted octanol–water partition coefficient (Wildman–Crippen LogP) is 0.0225. The van der Waals surface area contributed by atoms with Crippen LogP contribution in [0.25, 0.3) is 11.0 Å². The fourth-order valence-corrected chi connectivity index (χ4v) is 2.40. The van der Waals surface area contributed by atoms with Crippen LogP contribution in [-0.2, 0) is 16.6 Å². The number of amides is 1. The van der Waals surface area contributed by atoms with Gasteiger partial charge in [0.05, 0.1) is 24.8 Å². The molecule has 2 aromatic heterocycles. The summed E-state index contributed by atoms with van der Waals surface area (Å²) in [6, 6.07) is -0.360. The van der Waals surface area contributed by atoms with Crippen molar-refractivity contribution in [1.82, 2.24) is 24.6 Å². The first-order valence-corrected chi connectivity index (χ1v) is 6.92. The Kier molecular flexibility index (Phi) is 3.70. The van der Waals surface area contributed by atoms with Crippen molar-refractivity contribution in [2.75, 3.05) is 31.6 Å². The van der Waals surface area contributed by atoms with Crippen LogP contribution >= 0.6 is 0 Å². The van der Waals surface area contributed by atoms with Crippen LogP contribution in [-0.4, -0.2) is 62.9 Å². The number of nitrogens with one attached hydrogen (secondary N) is 1. The average Bonchev–Trinajstić information content (AvgIpc) is 2.90. The van der Waals surface area contributed by atoms with Crippen LogP contribution in [0.2, 0.25) is 0 Å². The summed E-state index contributed by atoms with van der Waals surface area (Å²) in [5.74, 6) is 0.677. The van der Waals surface area contributed by atoms with Crippen molar-refractivity contribution in [2.45, 2.75) is 13.0 Å². The maximum Gasteiger partial charge on any atom is 0.244 e. The van der Waals surface area contributed by atoms with E-state index in [4.69, 9.17) is 4.74 Å². The molecule has 21 heavy (non-hydrogen) atoms. The second-order valence-electron chi connectivity index (χ2n) is 5.03. The Hall–Kier alpha value is -2.22. The van der Waals surface area contributed by atoms with Crippen LogP contribution in [0.1, 0.15) is 6.92 Å². The molecular formula is C13H18N6O2. The van der Waals surface area contributed by atoms with Crippen molar-refractivity contribution in [3.63, 3.8) is 0 Å². The number of aromatic nitrogens is 4. The molecule has 1 saturated heterocycles. The number of fused-ring (bicyclic) bond motifs is 1. The first kappa shape index (κ1) is 13.7. The molecule has 3 rings (SSSR count). The molecule has 0 radical (unpaired) electrons. The first-order chi connectivity index (χ1) is 10.2. The summed E-state index contributed by atoms with van der Waals surface area (Å²) < 4.78 is 6.94. The fourth-order valence-electron chi connectivity index (χ4n) is 2.40. The fraction of sp³-hybridized carbons (Fsp3) is 0.538. The molecule has 1 atom stereocenters. The van der Waals surface area contributed by atoms with Gasteiger partial charge >= 0.3 is 0 Å². The molecule has 0 bridgehead atoms. The van der Waals surface area contributed by atoms with E-state index in [-0.39, 0.29) is 11.9 Å². The summed E-state index contributed by atoms with van der Waals surface area (Å²) in [6.45, 7) is 4.30. The Bertz CT molecular complexity index is 649. The van der Waals surface area contributed by atoms with E-state index in [9.17, 15) is 4.79 Å². The van der Waals surface area contributed by atoms with Gasteiger partial charge in [0, 0.05) is 20.1 Å². The second kappa shape index (κ2) is 5.65. The van der Waals surface area contributed by atoms with Gasteiger partial charge in [-0.15, -0.1) is 0 Å². The summed E-state index contributed by atoms with van der Waals surface area (Å²) >= 11 is 0. The van der Waals surface area contributed by atoms with E-state index in [0.29, 0.717) is 32.1 Å². The standard InChI is InChI=1S/C13H18N6O2/c1-9(13(20)19-3-5-21-6-4-19)17-11-10-7-16-18(2)12(10)15-8-14-11/h7-9H,3-6H2,1-2H3,(H,14,15,17)/t9-/m1/s1. The number of morpholine rings is 1. The van der Waals surface area contributed by atoms with E-state index in [0.717, 1.165) is 11.0 Å². The Morgan fingerprint density at radius 2 is 2.14 bits per heavy atom. The number of nitrogens with zero attached hydrogens (tertiary/aromatic N) is 5. The molecule has 8 nitrogen and oxygen atoms in total. The highest BCUT2D eigenvalue weighted by Crippen LogP contribution is 2.18. The van der Waals surface area contributed by atoms with Crippen LogP contribution in [0.3, 0.4) is 0 Å². The smallest absolute Gasteiger partial charge is 0.244 e. The summed E-state index contributed by atoms with van der Waals surface area (Å²) in [6.07, 6.45) is 3.17. The van der Waals surface area contributed by atoms with Gasteiger partial charge < -0.3 is 15.0 Å². The molecule has 1 aliphatic heterocycles. The van der Waals surface area contributed by atoms with Crippen molar-refractivity contribution in [1.29, 1.82) is 0 Å². The molecule has 2 aromatic rings. The van der Waals surface area contributed by atoms with E-state index in [2.05, 4.69) is 20.4 Å². The SMILES string of the molecule is C[C@@H](Nc1ncnc2c1cnn2C)C(=O)N1CCOCC1. The van der Waals surface area contributed by atoms with Crippen LogP contribution in [0, 0.1) is 0 Å². The highest BCUT2D eigenvalue weighted by atomic mass is 16.5. The van der Waals surface area contributed by atoms with Crippen molar-refractivity contribution in [2.24, 2.45) is 7.05 Å². The number of hydrogen-bond acceptors (Lipinski definition) is 6. The maximum absolute atomic E-state index is 12.4. The monoisotopic (exact) mass is 290 g/mol. The van der Waals surface area contributed by atoms with Gasteiger partial charge in [0.25, 0.3) is 0 Å². The van der Waals surface area contributed by atoms with Crippen molar-refractivity contribution in [3.8, 4) is 0 Å². The second-order valence-corrected chi connectivity index (χ2v) is 5.03. The highest BCUT2D eigenvalue weighted by molar-refractivity contribution is 5.90. The molecule has 0 spiro atoms. The van der Waals surface area contributed by atoms with Crippen molar-refractivity contribution in [3.05, 3.63) is 12.5 Å². The Morgan fingerprint density at radius 3 is 2.90 bits per heavy atom. The number of anilines is 1. The molecule has 0 saturated carbocycles. The third-order valence-electron chi connectivity index (χ3n) is 3.58. The van der Waals surface area contributed by atoms with Crippen LogP contribution in [0.5, 0.6) is 0 Å². The number of rotatable bonds is 3. The van der Waals surface area contributed by atoms with Gasteiger partial charge in [0.15, 0.2) is 5.65 Å². The summed E-state index contributed by atoms with van der Waals surface area (Å²) in [5.41, 5.74) is 0.735. The predicted molar refractivity (Wildman–Crippen MR) is 76.8 cm³/mol. The van der Waals surface area contributed by atoms with E-state index in [1.54, 1.807) is 10.9 Å². The largest absolute Gasteiger partial charge is 0.378 e. The summed E-state index contributed by atoms with van der Waals surface area (Å²) in [4.78, 5) is 22.6. The maximum atomic E-state index is 12.4. The third-order valence-corrected chi connectivity index (χ3v) is 3.58. The van der Waals surface area contributed by atoms with Gasteiger partial charge in [0.1, 0.15) is 18.2 Å². The molecule has 1 amide bonds. The van der Waals surface area contributed by atoms with Crippen LogP contribution in [0.15, 0.2) is 12.5 Å². The Balaban J connectivity index is 1.76. The molecule has 0 aromatic carbocycles. The van der Waals surface area contributed by atoms with Gasteiger partial charge in [-0.3, -0.25) is 9.48 Å². The number of ether oxygens (including phenoxy) is 1. The van der Waals surface area contributed by atoms with Gasteiger partial charge in [0.2, 0.25) is 5.91 Å². The third kappa shape index (κ3) is 2.66. The zero-order valence-electron chi connectivity index (χ0n) is 12.1. The molecule has 0 aliphatic carbocycles. The quantitative estimate of drug-likeness (QED) is 0.858. The minimum Gasteiger partial charge on any atom is -0.378 e. The Labute approximate surface area is 122 Å². The number of hydrogen-bond donors (Lipinski definition) is 1. The zero-order valence-corrected chi connectivity index (χ0v) is 12.1. The van der Waals surface area contributed by atoms with Crippen molar-refractivity contribution >= 4 is 22.8 Å². The lowest BCUT2D eigenvalue weighted by Gasteiger charge is -2.29. The van der Waals surface area contributed by atoms with Crippen LogP contribution in [0.4, 0.5) is 5.82 Å². The topological polar surface area (TPSA) is 85.2 Å². The molecule has 1 aliphatic rings. The summed E-state index contributed by atoms with van der Waals surface area (Å²) in [5, 5.41) is 8.13. The first-order valence-electron chi connectivity index (χ1n) is 6.92. The van der Waals surface area contributed by atoms with Gasteiger partial charge in [-0.2, -0.15) is 5.10 Å².